The summed E-state index contributed by atoms with van der Waals surface area (Å²) in [6, 6.07) is 9.78. The Morgan fingerprint density at radius 2 is 1.70 bits per heavy atom. The molecule has 3 rings (SSSR count). The van der Waals surface area contributed by atoms with Crippen molar-refractivity contribution in [2.75, 3.05) is 16.8 Å². The predicted molar refractivity (Wildman–Crippen MR) is 103 cm³/mol. The first kappa shape index (κ1) is 19.0. The molecule has 2 N–H and O–H groups in total. The van der Waals surface area contributed by atoms with Crippen LogP contribution in [-0.4, -0.2) is 42.8 Å². The molecule has 0 aliphatic carbocycles. The molecule has 1 atom stereocenters. The predicted octanol–water partition coefficient (Wildman–Crippen LogP) is 1.87. The topological polar surface area (TPSA) is 105 Å². The van der Waals surface area contributed by atoms with E-state index >= 15 is 0 Å². The van der Waals surface area contributed by atoms with Gasteiger partial charge in [-0.1, -0.05) is 18.2 Å². The summed E-state index contributed by atoms with van der Waals surface area (Å²) in [4.78, 5) is 29.0. The van der Waals surface area contributed by atoms with E-state index in [2.05, 4.69) is 15.6 Å². The average molecular weight is 387 g/mol. The van der Waals surface area contributed by atoms with Gasteiger partial charge >= 0.3 is 0 Å². The monoisotopic (exact) mass is 387 g/mol. The highest BCUT2D eigenvalue weighted by molar-refractivity contribution is 7.91. The van der Waals surface area contributed by atoms with E-state index in [0.29, 0.717) is 12.1 Å². The van der Waals surface area contributed by atoms with E-state index < -0.39 is 27.7 Å². The largest absolute Gasteiger partial charge is 0.347 e. The van der Waals surface area contributed by atoms with Crippen molar-refractivity contribution in [3.63, 3.8) is 0 Å². The van der Waals surface area contributed by atoms with E-state index in [4.69, 9.17) is 0 Å². The third-order valence-electron chi connectivity index (χ3n) is 4.63. The van der Waals surface area contributed by atoms with Gasteiger partial charge in [-0.25, -0.2) is 13.4 Å². The molecule has 8 heteroatoms. The van der Waals surface area contributed by atoms with Gasteiger partial charge in [-0.2, -0.15) is 0 Å². The van der Waals surface area contributed by atoms with E-state index in [1.807, 2.05) is 26.0 Å². The van der Waals surface area contributed by atoms with Gasteiger partial charge in [-0.15, -0.1) is 0 Å². The molecule has 1 aromatic carbocycles. The molecule has 142 valence electrons. The van der Waals surface area contributed by atoms with Gasteiger partial charge in [-0.3, -0.25) is 9.59 Å². The van der Waals surface area contributed by atoms with Crippen LogP contribution in [0.3, 0.4) is 0 Å². The normalized spacial score (nSPS) is 18.1. The number of carbonyl (C=O) groups excluding carboxylic acids is 2. The second-order valence-corrected chi connectivity index (χ2v) is 8.91. The van der Waals surface area contributed by atoms with Crippen molar-refractivity contribution in [2.24, 2.45) is 0 Å². The zero-order chi connectivity index (χ0) is 19.6. The molecule has 1 aromatic heterocycles. The summed E-state index contributed by atoms with van der Waals surface area (Å²) in [7, 11) is -3.09. The Morgan fingerprint density at radius 1 is 1.04 bits per heavy atom. The number of benzene rings is 1. The lowest BCUT2D eigenvalue weighted by molar-refractivity contribution is 0.0936. The average Bonchev–Trinajstić information content (AvgIpc) is 2.97. The molecule has 1 aliphatic rings. The van der Waals surface area contributed by atoms with Crippen molar-refractivity contribution in [3.8, 4) is 0 Å². The third-order valence-corrected chi connectivity index (χ3v) is 6.40. The molecule has 0 spiro atoms. The smallest absolute Gasteiger partial charge is 0.274 e. The van der Waals surface area contributed by atoms with Crippen molar-refractivity contribution in [3.05, 3.63) is 58.9 Å². The van der Waals surface area contributed by atoms with Crippen molar-refractivity contribution in [2.45, 2.75) is 26.3 Å². The Balaban J connectivity index is 1.72. The minimum absolute atomic E-state index is 0.0639. The molecule has 0 bridgehead atoms. The Kier molecular flexibility index (Phi) is 5.27. The minimum Gasteiger partial charge on any atom is -0.347 e. The molecule has 1 aliphatic heterocycles. The van der Waals surface area contributed by atoms with Crippen LogP contribution in [0.25, 0.3) is 0 Å². The number of carbonyl (C=O) groups is 2. The summed E-state index contributed by atoms with van der Waals surface area (Å²) in [6.07, 6.45) is 0.390. The molecule has 1 saturated heterocycles. The van der Waals surface area contributed by atoms with Gasteiger partial charge in [0, 0.05) is 11.7 Å². The van der Waals surface area contributed by atoms with Crippen molar-refractivity contribution < 1.29 is 18.0 Å². The van der Waals surface area contributed by atoms with Crippen LogP contribution in [-0.2, 0) is 9.84 Å². The highest BCUT2D eigenvalue weighted by atomic mass is 32.2. The Labute approximate surface area is 158 Å². The van der Waals surface area contributed by atoms with Crippen LogP contribution in [0.2, 0.25) is 0 Å². The van der Waals surface area contributed by atoms with Crippen LogP contribution in [0.5, 0.6) is 0 Å². The summed E-state index contributed by atoms with van der Waals surface area (Å²) < 4.78 is 23.0. The number of aromatic nitrogens is 1. The lowest BCUT2D eigenvalue weighted by Crippen LogP contribution is -2.36. The summed E-state index contributed by atoms with van der Waals surface area (Å²) in [5.74, 6) is -0.893. The number of sulfone groups is 1. The van der Waals surface area contributed by atoms with Crippen LogP contribution in [0, 0.1) is 13.8 Å². The Bertz CT molecular complexity index is 1000. The summed E-state index contributed by atoms with van der Waals surface area (Å²) in [5, 5.41) is 5.48. The number of pyridine rings is 1. The van der Waals surface area contributed by atoms with Gasteiger partial charge in [0.1, 0.15) is 11.4 Å². The van der Waals surface area contributed by atoms with E-state index in [0.717, 1.165) is 11.1 Å². The lowest BCUT2D eigenvalue weighted by Gasteiger charge is -2.12. The second-order valence-electron chi connectivity index (χ2n) is 6.68. The van der Waals surface area contributed by atoms with Crippen LogP contribution in [0.1, 0.15) is 38.5 Å². The van der Waals surface area contributed by atoms with E-state index in [9.17, 15) is 18.0 Å². The van der Waals surface area contributed by atoms with Gasteiger partial charge < -0.3 is 10.6 Å². The maximum atomic E-state index is 12.5. The highest BCUT2D eigenvalue weighted by Gasteiger charge is 2.29. The number of aryl methyl sites for hydroxylation is 1. The fraction of sp³-hybridized carbons (Fsp3) is 0.316. The van der Waals surface area contributed by atoms with Crippen molar-refractivity contribution >= 4 is 27.3 Å². The first-order valence-electron chi connectivity index (χ1n) is 8.61. The van der Waals surface area contributed by atoms with Gasteiger partial charge in [0.2, 0.25) is 0 Å². The van der Waals surface area contributed by atoms with Crippen molar-refractivity contribution in [1.29, 1.82) is 0 Å². The number of rotatable bonds is 4. The quantitative estimate of drug-likeness (QED) is 0.833. The number of nitrogens with zero attached hydrogens (tertiary/aromatic N) is 1. The number of anilines is 1. The summed E-state index contributed by atoms with van der Waals surface area (Å²) >= 11 is 0. The minimum atomic E-state index is -3.09. The van der Waals surface area contributed by atoms with Gasteiger partial charge in [0.25, 0.3) is 11.8 Å². The third kappa shape index (κ3) is 4.51. The SMILES string of the molecule is Cc1cccc(NC(=O)c2cccc(C(=O)NC3CCS(=O)(=O)C3)n2)c1C. The van der Waals surface area contributed by atoms with Crippen LogP contribution in [0.4, 0.5) is 5.69 Å². The van der Waals surface area contributed by atoms with Crippen LogP contribution in [0.15, 0.2) is 36.4 Å². The van der Waals surface area contributed by atoms with Crippen LogP contribution < -0.4 is 10.6 Å². The molecule has 2 amide bonds. The molecule has 2 aromatic rings. The maximum Gasteiger partial charge on any atom is 0.274 e. The van der Waals surface area contributed by atoms with E-state index in [1.54, 1.807) is 12.1 Å². The zero-order valence-corrected chi connectivity index (χ0v) is 16.0. The van der Waals surface area contributed by atoms with Crippen molar-refractivity contribution in [1.82, 2.24) is 10.3 Å². The first-order chi connectivity index (χ1) is 12.7. The standard InChI is InChI=1S/C19H21N3O4S/c1-12-5-3-6-15(13(12)2)22-19(24)17-8-4-7-16(21-17)18(23)20-14-9-10-27(25,26)11-14/h3-8,14H,9-11H2,1-2H3,(H,20,23)(H,22,24). The van der Waals surface area contributed by atoms with Gasteiger partial charge in [0.15, 0.2) is 9.84 Å². The molecule has 0 saturated carbocycles. The number of nitrogens with one attached hydrogen (secondary N) is 2. The number of hydrogen-bond donors (Lipinski definition) is 2. The van der Waals surface area contributed by atoms with E-state index in [1.165, 1.54) is 12.1 Å². The highest BCUT2D eigenvalue weighted by Crippen LogP contribution is 2.18. The summed E-state index contributed by atoms with van der Waals surface area (Å²) in [6.45, 7) is 3.87. The molecule has 1 fully saturated rings. The Morgan fingerprint density at radius 3 is 2.37 bits per heavy atom. The first-order valence-corrected chi connectivity index (χ1v) is 10.4. The molecule has 2 heterocycles. The van der Waals surface area contributed by atoms with Gasteiger partial charge in [-0.05, 0) is 49.6 Å². The molecular weight excluding hydrogens is 366 g/mol. The molecule has 0 radical (unpaired) electrons. The lowest BCUT2D eigenvalue weighted by atomic mass is 10.1. The second kappa shape index (κ2) is 7.48. The number of amides is 2. The number of hydrogen-bond acceptors (Lipinski definition) is 5. The Hall–Kier alpha value is -2.74. The van der Waals surface area contributed by atoms with E-state index in [-0.39, 0.29) is 22.9 Å². The van der Waals surface area contributed by atoms with Gasteiger partial charge in [0.05, 0.1) is 11.5 Å². The van der Waals surface area contributed by atoms with Crippen LogP contribution >= 0.6 is 0 Å². The fourth-order valence-corrected chi connectivity index (χ4v) is 4.60. The zero-order valence-electron chi connectivity index (χ0n) is 15.2. The molecule has 27 heavy (non-hydrogen) atoms. The molecular formula is C19H21N3O4S. The maximum absolute atomic E-state index is 12.5. The fourth-order valence-electron chi connectivity index (χ4n) is 2.93. The molecule has 1 unspecified atom stereocenters. The summed E-state index contributed by atoms with van der Waals surface area (Å²) in [5.41, 5.74) is 2.89. The molecule has 7 nitrogen and oxygen atoms in total.